The Morgan fingerprint density at radius 2 is 2.16 bits per heavy atom. The highest BCUT2D eigenvalue weighted by molar-refractivity contribution is 9.10. The summed E-state index contributed by atoms with van der Waals surface area (Å²) in [6.07, 6.45) is 1.29. The van der Waals surface area contributed by atoms with Gasteiger partial charge < -0.3 is 16.2 Å². The van der Waals surface area contributed by atoms with Crippen LogP contribution in [0.1, 0.15) is 10.4 Å². The topological polar surface area (TPSA) is 88.2 Å². The molecule has 0 saturated carbocycles. The lowest BCUT2D eigenvalue weighted by Crippen LogP contribution is -2.05. The highest BCUT2D eigenvalue weighted by atomic mass is 79.9. The van der Waals surface area contributed by atoms with Gasteiger partial charge in [0.15, 0.2) is 0 Å². The second kappa shape index (κ2) is 5.46. The van der Waals surface area contributed by atoms with Crippen molar-refractivity contribution in [3.05, 3.63) is 45.5 Å². The predicted molar refractivity (Wildman–Crippen MR) is 78.0 cm³/mol. The summed E-state index contributed by atoms with van der Waals surface area (Å²) in [7, 11) is 0. The van der Waals surface area contributed by atoms with Crippen LogP contribution in [0.4, 0.5) is 17.2 Å². The van der Waals surface area contributed by atoms with E-state index in [1.54, 1.807) is 18.2 Å². The van der Waals surface area contributed by atoms with Crippen molar-refractivity contribution in [2.24, 2.45) is 0 Å². The molecule has 0 unspecified atom stereocenters. The van der Waals surface area contributed by atoms with E-state index < -0.39 is 5.97 Å². The SMILES string of the molecule is Nc1cnc(Nc2cc(Br)ccc2Cl)cc1C(=O)O. The first kappa shape index (κ1) is 13.6. The number of nitrogen functional groups attached to an aromatic ring is 1. The first-order valence-electron chi connectivity index (χ1n) is 5.18. The van der Waals surface area contributed by atoms with Crippen LogP contribution < -0.4 is 11.1 Å². The van der Waals surface area contributed by atoms with Gasteiger partial charge in [-0.2, -0.15) is 0 Å². The maximum atomic E-state index is 11.0. The van der Waals surface area contributed by atoms with E-state index in [-0.39, 0.29) is 11.3 Å². The van der Waals surface area contributed by atoms with E-state index >= 15 is 0 Å². The molecule has 0 saturated heterocycles. The van der Waals surface area contributed by atoms with E-state index in [1.165, 1.54) is 12.3 Å². The second-order valence-electron chi connectivity index (χ2n) is 3.71. The molecule has 0 radical (unpaired) electrons. The van der Waals surface area contributed by atoms with Crippen LogP contribution in [0.3, 0.4) is 0 Å². The Kier molecular flexibility index (Phi) is 3.92. The summed E-state index contributed by atoms with van der Waals surface area (Å²) in [4.78, 5) is 15.0. The molecule has 1 heterocycles. The number of nitrogens with zero attached hydrogens (tertiary/aromatic N) is 1. The molecule has 2 aromatic rings. The zero-order chi connectivity index (χ0) is 14.0. The first-order chi connectivity index (χ1) is 8.97. The molecule has 0 aliphatic heterocycles. The Labute approximate surface area is 122 Å². The smallest absolute Gasteiger partial charge is 0.337 e. The van der Waals surface area contributed by atoms with Crippen molar-refractivity contribution in [2.45, 2.75) is 0 Å². The first-order valence-corrected chi connectivity index (χ1v) is 6.35. The molecule has 0 spiro atoms. The normalized spacial score (nSPS) is 10.2. The summed E-state index contributed by atoms with van der Waals surface area (Å²) >= 11 is 9.35. The molecule has 0 aliphatic carbocycles. The molecular weight excluding hydrogens is 334 g/mol. The number of carboxylic acids is 1. The minimum Gasteiger partial charge on any atom is -0.478 e. The number of nitrogens with one attached hydrogen (secondary N) is 1. The molecular formula is C12H9BrClN3O2. The summed E-state index contributed by atoms with van der Waals surface area (Å²) < 4.78 is 0.841. The Morgan fingerprint density at radius 1 is 1.42 bits per heavy atom. The van der Waals surface area contributed by atoms with Gasteiger partial charge in [-0.15, -0.1) is 0 Å². The number of anilines is 3. The Hall–Kier alpha value is -1.79. The van der Waals surface area contributed by atoms with Crippen LogP contribution in [0.5, 0.6) is 0 Å². The quantitative estimate of drug-likeness (QED) is 0.794. The molecule has 98 valence electrons. The summed E-state index contributed by atoms with van der Waals surface area (Å²) in [5, 5.41) is 12.4. The minimum absolute atomic E-state index is 0.0105. The van der Waals surface area contributed by atoms with Gasteiger partial charge in [0.05, 0.1) is 28.2 Å². The van der Waals surface area contributed by atoms with Gasteiger partial charge in [0, 0.05) is 4.47 Å². The fraction of sp³-hybridized carbons (Fsp3) is 0. The lowest BCUT2D eigenvalue weighted by Gasteiger charge is -2.09. The monoisotopic (exact) mass is 341 g/mol. The van der Waals surface area contributed by atoms with Gasteiger partial charge in [-0.1, -0.05) is 27.5 Å². The van der Waals surface area contributed by atoms with Gasteiger partial charge in [-0.25, -0.2) is 9.78 Å². The van der Waals surface area contributed by atoms with Crippen LogP contribution in [0.25, 0.3) is 0 Å². The fourth-order valence-electron chi connectivity index (χ4n) is 1.45. The van der Waals surface area contributed by atoms with Crippen LogP contribution in [0.15, 0.2) is 34.9 Å². The van der Waals surface area contributed by atoms with E-state index in [4.69, 9.17) is 22.4 Å². The second-order valence-corrected chi connectivity index (χ2v) is 5.03. The molecule has 0 amide bonds. The third kappa shape index (κ3) is 3.15. The number of hydrogen-bond acceptors (Lipinski definition) is 4. The van der Waals surface area contributed by atoms with Crippen molar-refractivity contribution < 1.29 is 9.90 Å². The van der Waals surface area contributed by atoms with Crippen molar-refractivity contribution in [2.75, 3.05) is 11.1 Å². The lowest BCUT2D eigenvalue weighted by molar-refractivity contribution is 0.0698. The number of aromatic carboxylic acids is 1. The average Bonchev–Trinajstić information content (AvgIpc) is 2.36. The van der Waals surface area contributed by atoms with Crippen molar-refractivity contribution in [3.8, 4) is 0 Å². The Bertz CT molecular complexity index is 649. The number of nitrogens with two attached hydrogens (primary N) is 1. The van der Waals surface area contributed by atoms with Gasteiger partial charge in [-0.05, 0) is 24.3 Å². The summed E-state index contributed by atoms with van der Waals surface area (Å²) in [6.45, 7) is 0. The zero-order valence-electron chi connectivity index (χ0n) is 9.52. The number of halogens is 2. The van der Waals surface area contributed by atoms with Gasteiger partial charge in [0.1, 0.15) is 5.82 Å². The largest absolute Gasteiger partial charge is 0.478 e. The molecule has 0 aliphatic rings. The van der Waals surface area contributed by atoms with Crippen molar-refractivity contribution in [1.29, 1.82) is 0 Å². The number of hydrogen-bond donors (Lipinski definition) is 3. The van der Waals surface area contributed by atoms with Gasteiger partial charge in [0.2, 0.25) is 0 Å². The van der Waals surface area contributed by atoms with E-state index in [1.807, 2.05) is 0 Å². The molecule has 0 fully saturated rings. The van der Waals surface area contributed by atoms with Crippen molar-refractivity contribution >= 4 is 50.7 Å². The molecule has 2 rings (SSSR count). The van der Waals surface area contributed by atoms with Crippen molar-refractivity contribution in [3.63, 3.8) is 0 Å². The maximum Gasteiger partial charge on any atom is 0.337 e. The minimum atomic E-state index is -1.11. The standard InChI is InChI=1S/C12H9BrClN3O2/c13-6-1-2-8(14)10(3-6)17-11-4-7(12(18)19)9(15)5-16-11/h1-5H,15H2,(H,16,17)(H,18,19). The summed E-state index contributed by atoms with van der Waals surface area (Å²) in [6, 6.07) is 6.63. The molecule has 7 heteroatoms. The molecule has 0 bridgehead atoms. The molecule has 1 aromatic heterocycles. The Balaban J connectivity index is 2.36. The van der Waals surface area contributed by atoms with Crippen LogP contribution in [0.2, 0.25) is 5.02 Å². The maximum absolute atomic E-state index is 11.0. The molecule has 4 N–H and O–H groups in total. The van der Waals surface area contributed by atoms with Gasteiger partial charge >= 0.3 is 5.97 Å². The number of carbonyl (C=O) groups is 1. The molecule has 19 heavy (non-hydrogen) atoms. The predicted octanol–water partition coefficient (Wildman–Crippen LogP) is 3.52. The van der Waals surface area contributed by atoms with Crippen molar-refractivity contribution in [1.82, 2.24) is 4.98 Å². The highest BCUT2D eigenvalue weighted by Gasteiger charge is 2.10. The molecule has 0 atom stereocenters. The highest BCUT2D eigenvalue weighted by Crippen LogP contribution is 2.28. The number of carboxylic acid groups (broad SMARTS) is 1. The van der Waals surface area contributed by atoms with E-state index in [0.717, 1.165) is 4.47 Å². The number of rotatable bonds is 3. The summed E-state index contributed by atoms with van der Waals surface area (Å²) in [5.41, 5.74) is 6.25. The number of pyridine rings is 1. The van der Waals surface area contributed by atoms with E-state index in [0.29, 0.717) is 16.5 Å². The average molecular weight is 343 g/mol. The number of benzene rings is 1. The fourth-order valence-corrected chi connectivity index (χ4v) is 1.98. The van der Waals surface area contributed by atoms with E-state index in [2.05, 4.69) is 26.2 Å². The molecule has 1 aromatic carbocycles. The lowest BCUT2D eigenvalue weighted by atomic mass is 10.2. The molecule has 5 nitrogen and oxygen atoms in total. The van der Waals surface area contributed by atoms with Crippen LogP contribution in [-0.2, 0) is 0 Å². The van der Waals surface area contributed by atoms with Crippen LogP contribution >= 0.6 is 27.5 Å². The van der Waals surface area contributed by atoms with E-state index in [9.17, 15) is 4.79 Å². The van der Waals surface area contributed by atoms with Crippen LogP contribution in [-0.4, -0.2) is 16.1 Å². The van der Waals surface area contributed by atoms with Gasteiger partial charge in [0.25, 0.3) is 0 Å². The Morgan fingerprint density at radius 3 is 2.84 bits per heavy atom. The third-order valence-corrected chi connectivity index (χ3v) is 3.18. The van der Waals surface area contributed by atoms with Gasteiger partial charge in [-0.3, -0.25) is 0 Å². The zero-order valence-corrected chi connectivity index (χ0v) is 11.9. The summed E-state index contributed by atoms with van der Waals surface area (Å²) in [5.74, 6) is -0.755. The van der Waals surface area contributed by atoms with Crippen LogP contribution in [0, 0.1) is 0 Å². The third-order valence-electron chi connectivity index (χ3n) is 2.36. The number of aromatic nitrogens is 1.